The minimum Gasteiger partial charge on any atom is -0.452 e. The van der Waals surface area contributed by atoms with Crippen molar-refractivity contribution < 1.29 is 22.7 Å². The number of esters is 1. The van der Waals surface area contributed by atoms with Gasteiger partial charge in [0.15, 0.2) is 6.10 Å². The van der Waals surface area contributed by atoms with Crippen molar-refractivity contribution in [2.75, 3.05) is 19.6 Å². The van der Waals surface area contributed by atoms with E-state index < -0.39 is 28.0 Å². The molecule has 154 valence electrons. The highest BCUT2D eigenvalue weighted by Crippen LogP contribution is 2.22. The molecule has 1 saturated heterocycles. The first-order valence-electron chi connectivity index (χ1n) is 9.55. The van der Waals surface area contributed by atoms with E-state index in [1.807, 2.05) is 37.3 Å². The van der Waals surface area contributed by atoms with Crippen molar-refractivity contribution in [2.45, 2.75) is 39.2 Å². The molecule has 2 rings (SSSR count). The number of amides is 1. The SMILES string of the molecule is CCCNC(=O)[C@H](C)OC(=O)C1CCN(S(=O)(=O)/C=C/c2ccccc2)CC1. The lowest BCUT2D eigenvalue weighted by molar-refractivity contribution is -0.159. The Kier molecular flexibility index (Phi) is 8.19. The Balaban J connectivity index is 1.85. The first kappa shape index (κ1) is 22.1. The molecule has 7 nitrogen and oxygen atoms in total. The summed E-state index contributed by atoms with van der Waals surface area (Å²) in [6.07, 6.45) is 2.26. The Morgan fingerprint density at radius 2 is 1.89 bits per heavy atom. The summed E-state index contributed by atoms with van der Waals surface area (Å²) < 4.78 is 31.6. The number of hydrogen-bond acceptors (Lipinski definition) is 5. The van der Waals surface area contributed by atoms with Crippen molar-refractivity contribution in [1.29, 1.82) is 0 Å². The molecule has 28 heavy (non-hydrogen) atoms. The van der Waals surface area contributed by atoms with Gasteiger partial charge in [0.05, 0.1) is 5.92 Å². The van der Waals surface area contributed by atoms with E-state index in [-0.39, 0.29) is 19.0 Å². The molecule has 0 saturated carbocycles. The summed E-state index contributed by atoms with van der Waals surface area (Å²) in [7, 11) is -3.54. The van der Waals surface area contributed by atoms with Crippen LogP contribution in [0.2, 0.25) is 0 Å². The van der Waals surface area contributed by atoms with Gasteiger partial charge < -0.3 is 10.1 Å². The molecule has 0 bridgehead atoms. The largest absolute Gasteiger partial charge is 0.452 e. The number of piperidine rings is 1. The maximum Gasteiger partial charge on any atom is 0.309 e. The van der Waals surface area contributed by atoms with Crippen LogP contribution in [0, 0.1) is 5.92 Å². The van der Waals surface area contributed by atoms with Gasteiger partial charge in [0.25, 0.3) is 5.91 Å². The lowest BCUT2D eigenvalue weighted by Gasteiger charge is -2.29. The lowest BCUT2D eigenvalue weighted by atomic mass is 9.98. The van der Waals surface area contributed by atoms with Crippen molar-refractivity contribution in [1.82, 2.24) is 9.62 Å². The number of carbonyl (C=O) groups is 2. The third-order valence-electron chi connectivity index (χ3n) is 4.59. The number of carbonyl (C=O) groups excluding carboxylic acids is 2. The summed E-state index contributed by atoms with van der Waals surface area (Å²) in [5.74, 6) is -1.16. The Bertz CT molecular complexity index is 784. The molecule has 1 aliphatic rings. The zero-order valence-corrected chi connectivity index (χ0v) is 17.2. The standard InChI is InChI=1S/C20H28N2O5S/c1-3-12-21-19(23)16(2)27-20(24)18-9-13-22(14-10-18)28(25,26)15-11-17-7-5-4-6-8-17/h4-8,11,15-16,18H,3,9-10,12-14H2,1-2H3,(H,21,23)/b15-11+/t16-/m0/s1. The molecule has 1 fully saturated rings. The van der Waals surface area contributed by atoms with Crippen LogP contribution in [0.4, 0.5) is 0 Å². The topological polar surface area (TPSA) is 92.8 Å². The summed E-state index contributed by atoms with van der Waals surface area (Å²) in [5, 5.41) is 3.88. The minimum atomic E-state index is -3.54. The van der Waals surface area contributed by atoms with E-state index in [2.05, 4.69) is 5.32 Å². The molecule has 1 N–H and O–H groups in total. The van der Waals surface area contributed by atoms with E-state index in [1.165, 1.54) is 16.6 Å². The van der Waals surface area contributed by atoms with Crippen LogP contribution in [-0.2, 0) is 24.3 Å². The second-order valence-electron chi connectivity index (χ2n) is 6.80. The van der Waals surface area contributed by atoms with E-state index in [0.717, 1.165) is 12.0 Å². The van der Waals surface area contributed by atoms with Crippen LogP contribution in [0.5, 0.6) is 0 Å². The number of sulfonamides is 1. The number of nitrogens with one attached hydrogen (secondary N) is 1. The average Bonchev–Trinajstić information content (AvgIpc) is 2.71. The highest BCUT2D eigenvalue weighted by Gasteiger charge is 2.32. The number of benzene rings is 1. The predicted octanol–water partition coefficient (Wildman–Crippen LogP) is 2.16. The molecule has 0 spiro atoms. The molecule has 0 unspecified atom stereocenters. The molecule has 1 aliphatic heterocycles. The smallest absolute Gasteiger partial charge is 0.309 e. The first-order chi connectivity index (χ1) is 13.3. The van der Waals surface area contributed by atoms with Gasteiger partial charge >= 0.3 is 5.97 Å². The monoisotopic (exact) mass is 408 g/mol. The molecule has 1 atom stereocenters. The fraction of sp³-hybridized carbons (Fsp3) is 0.500. The maximum absolute atomic E-state index is 12.5. The van der Waals surface area contributed by atoms with E-state index >= 15 is 0 Å². The average molecular weight is 409 g/mol. The normalized spacial score (nSPS) is 17.4. The maximum atomic E-state index is 12.5. The van der Waals surface area contributed by atoms with Crippen LogP contribution in [-0.4, -0.2) is 50.3 Å². The fourth-order valence-electron chi connectivity index (χ4n) is 2.88. The summed E-state index contributed by atoms with van der Waals surface area (Å²) in [5.41, 5.74) is 0.805. The fourth-order valence-corrected chi connectivity index (χ4v) is 4.10. The van der Waals surface area contributed by atoms with Gasteiger partial charge in [-0.2, -0.15) is 4.31 Å². The predicted molar refractivity (Wildman–Crippen MR) is 108 cm³/mol. The Labute approximate surface area is 166 Å². The third kappa shape index (κ3) is 6.45. The molecule has 0 aromatic heterocycles. The number of nitrogens with zero attached hydrogens (tertiary/aromatic N) is 1. The quantitative estimate of drug-likeness (QED) is 0.666. The second-order valence-corrected chi connectivity index (χ2v) is 8.62. The van der Waals surface area contributed by atoms with Gasteiger partial charge in [-0.3, -0.25) is 9.59 Å². The Hall–Kier alpha value is -2.19. The van der Waals surface area contributed by atoms with Crippen molar-refractivity contribution >= 4 is 28.0 Å². The van der Waals surface area contributed by atoms with E-state index in [4.69, 9.17) is 4.74 Å². The highest BCUT2D eigenvalue weighted by molar-refractivity contribution is 7.92. The van der Waals surface area contributed by atoms with Crippen molar-refractivity contribution in [3.63, 3.8) is 0 Å². The zero-order valence-electron chi connectivity index (χ0n) is 16.3. The molecular formula is C20H28N2O5S. The molecule has 0 radical (unpaired) electrons. The van der Waals surface area contributed by atoms with Crippen LogP contribution >= 0.6 is 0 Å². The van der Waals surface area contributed by atoms with Gasteiger partial charge in [0.1, 0.15) is 0 Å². The first-order valence-corrected chi connectivity index (χ1v) is 11.0. The van der Waals surface area contributed by atoms with Crippen molar-refractivity contribution in [2.24, 2.45) is 5.92 Å². The van der Waals surface area contributed by atoms with Gasteiger partial charge in [-0.25, -0.2) is 8.42 Å². The van der Waals surface area contributed by atoms with Crippen LogP contribution in [0.25, 0.3) is 6.08 Å². The van der Waals surface area contributed by atoms with E-state index in [0.29, 0.717) is 19.4 Å². The third-order valence-corrected chi connectivity index (χ3v) is 6.16. The molecular weight excluding hydrogens is 380 g/mol. The van der Waals surface area contributed by atoms with Crippen LogP contribution in [0.3, 0.4) is 0 Å². The number of ether oxygens (including phenoxy) is 1. The molecule has 0 aliphatic carbocycles. The van der Waals surface area contributed by atoms with Gasteiger partial charge in [-0.1, -0.05) is 37.3 Å². The second kappa shape index (κ2) is 10.4. The van der Waals surface area contributed by atoms with Gasteiger partial charge in [0.2, 0.25) is 10.0 Å². The van der Waals surface area contributed by atoms with Gasteiger partial charge in [-0.05, 0) is 37.8 Å². The van der Waals surface area contributed by atoms with Gasteiger partial charge in [0, 0.05) is 25.0 Å². The number of hydrogen-bond donors (Lipinski definition) is 1. The summed E-state index contributed by atoms with van der Waals surface area (Å²) in [6, 6.07) is 9.20. The molecule has 8 heteroatoms. The molecule has 1 aromatic rings. The van der Waals surface area contributed by atoms with Gasteiger partial charge in [-0.15, -0.1) is 0 Å². The van der Waals surface area contributed by atoms with Crippen molar-refractivity contribution in [3.05, 3.63) is 41.3 Å². The summed E-state index contributed by atoms with van der Waals surface area (Å²) in [4.78, 5) is 24.1. The molecule has 1 heterocycles. The molecule has 1 amide bonds. The van der Waals surface area contributed by atoms with Crippen LogP contribution in [0.15, 0.2) is 35.7 Å². The van der Waals surface area contributed by atoms with Crippen molar-refractivity contribution in [3.8, 4) is 0 Å². The van der Waals surface area contributed by atoms with E-state index in [1.54, 1.807) is 6.08 Å². The highest BCUT2D eigenvalue weighted by atomic mass is 32.2. The Morgan fingerprint density at radius 1 is 1.25 bits per heavy atom. The summed E-state index contributed by atoms with van der Waals surface area (Å²) in [6.45, 7) is 4.51. The molecule has 1 aromatic carbocycles. The minimum absolute atomic E-state index is 0.248. The Morgan fingerprint density at radius 3 is 2.50 bits per heavy atom. The van der Waals surface area contributed by atoms with Crippen LogP contribution in [0.1, 0.15) is 38.7 Å². The van der Waals surface area contributed by atoms with E-state index in [9.17, 15) is 18.0 Å². The lowest BCUT2D eigenvalue weighted by Crippen LogP contribution is -2.42. The van der Waals surface area contributed by atoms with Crippen LogP contribution < -0.4 is 5.32 Å². The summed E-state index contributed by atoms with van der Waals surface area (Å²) >= 11 is 0. The number of rotatable bonds is 8. The zero-order chi connectivity index (χ0) is 20.6.